The first-order valence-corrected chi connectivity index (χ1v) is 11.1. The lowest BCUT2D eigenvalue weighted by Crippen LogP contribution is -2.46. The number of carbonyl (C=O) groups is 2. The highest BCUT2D eigenvalue weighted by atomic mass is 16.2. The number of carbonyl (C=O) groups excluding carboxylic acids is 2. The molecule has 0 fully saturated rings. The lowest BCUT2D eigenvalue weighted by molar-refractivity contribution is -0.129. The zero-order valence-electron chi connectivity index (χ0n) is 18.1. The Hall–Kier alpha value is -1.79. The van der Waals surface area contributed by atoms with Crippen molar-refractivity contribution in [2.24, 2.45) is 16.5 Å². The molecule has 164 valence electrons. The van der Waals surface area contributed by atoms with Crippen LogP contribution in [0.3, 0.4) is 0 Å². The first kappa shape index (κ1) is 26.2. The Morgan fingerprint density at radius 2 is 1.43 bits per heavy atom. The summed E-state index contributed by atoms with van der Waals surface area (Å²) in [5, 5.41) is 5.63. The fourth-order valence-electron chi connectivity index (χ4n) is 3.11. The van der Waals surface area contributed by atoms with Crippen LogP contribution < -0.4 is 22.1 Å². The summed E-state index contributed by atoms with van der Waals surface area (Å²) in [4.78, 5) is 28.2. The summed E-state index contributed by atoms with van der Waals surface area (Å²) in [5.74, 6) is -0.166. The predicted molar refractivity (Wildman–Crippen MR) is 117 cm³/mol. The standard InChI is InChI=1S/C21H43N5O2/c1-3-5-6-7-8-9-10-11-12-13-16-19(27)26-18(20(28)24-4-2)15-14-17-25-21(22)23/h18H,3-17H2,1-2H3,(H,24,28)(H,26,27)(H4,22,23,25). The minimum Gasteiger partial charge on any atom is -0.370 e. The second-order valence-corrected chi connectivity index (χ2v) is 7.40. The first-order chi connectivity index (χ1) is 13.5. The van der Waals surface area contributed by atoms with E-state index in [4.69, 9.17) is 11.5 Å². The minimum absolute atomic E-state index is 0.0413. The van der Waals surface area contributed by atoms with E-state index >= 15 is 0 Å². The molecule has 0 aliphatic carbocycles. The molecule has 28 heavy (non-hydrogen) atoms. The summed E-state index contributed by atoms with van der Waals surface area (Å²) in [7, 11) is 0. The van der Waals surface area contributed by atoms with E-state index in [0.717, 1.165) is 12.8 Å². The van der Waals surface area contributed by atoms with Crippen molar-refractivity contribution < 1.29 is 9.59 Å². The molecule has 0 aliphatic rings. The number of hydrogen-bond acceptors (Lipinski definition) is 3. The summed E-state index contributed by atoms with van der Waals surface area (Å²) in [6.07, 6.45) is 14.0. The number of nitrogens with one attached hydrogen (secondary N) is 2. The van der Waals surface area contributed by atoms with Crippen LogP contribution in [0.4, 0.5) is 0 Å². The van der Waals surface area contributed by atoms with Crippen molar-refractivity contribution in [3.63, 3.8) is 0 Å². The maximum absolute atomic E-state index is 12.2. The molecule has 1 atom stereocenters. The molecule has 0 aromatic carbocycles. The fourth-order valence-corrected chi connectivity index (χ4v) is 3.11. The van der Waals surface area contributed by atoms with Crippen molar-refractivity contribution in [1.29, 1.82) is 0 Å². The maximum Gasteiger partial charge on any atom is 0.242 e. The molecule has 0 radical (unpaired) electrons. The van der Waals surface area contributed by atoms with E-state index in [-0.39, 0.29) is 17.8 Å². The van der Waals surface area contributed by atoms with Gasteiger partial charge < -0.3 is 22.1 Å². The second kappa shape index (κ2) is 18.6. The molecule has 0 saturated heterocycles. The van der Waals surface area contributed by atoms with Crippen LogP contribution in [-0.4, -0.2) is 36.9 Å². The van der Waals surface area contributed by atoms with Gasteiger partial charge in [-0.15, -0.1) is 0 Å². The molecule has 0 aromatic rings. The quantitative estimate of drug-likeness (QED) is 0.161. The van der Waals surface area contributed by atoms with E-state index in [9.17, 15) is 9.59 Å². The van der Waals surface area contributed by atoms with E-state index in [2.05, 4.69) is 22.5 Å². The largest absolute Gasteiger partial charge is 0.370 e. The van der Waals surface area contributed by atoms with E-state index in [1.165, 1.54) is 51.4 Å². The Morgan fingerprint density at radius 1 is 0.857 bits per heavy atom. The molecule has 2 amide bonds. The van der Waals surface area contributed by atoms with Gasteiger partial charge in [0.15, 0.2) is 5.96 Å². The molecular formula is C21H43N5O2. The van der Waals surface area contributed by atoms with Crippen LogP contribution >= 0.6 is 0 Å². The number of guanidine groups is 1. The van der Waals surface area contributed by atoms with Crippen LogP contribution in [0.25, 0.3) is 0 Å². The van der Waals surface area contributed by atoms with Crippen molar-refractivity contribution in [3.05, 3.63) is 0 Å². The lowest BCUT2D eigenvalue weighted by atomic mass is 10.1. The minimum atomic E-state index is -0.523. The Morgan fingerprint density at radius 3 is 1.96 bits per heavy atom. The zero-order chi connectivity index (χ0) is 21.0. The highest BCUT2D eigenvalue weighted by Crippen LogP contribution is 2.11. The smallest absolute Gasteiger partial charge is 0.242 e. The lowest BCUT2D eigenvalue weighted by Gasteiger charge is -2.17. The summed E-state index contributed by atoms with van der Waals surface area (Å²) < 4.78 is 0. The molecule has 0 aromatic heterocycles. The molecule has 0 saturated carbocycles. The number of likely N-dealkylation sites (N-methyl/N-ethyl adjacent to an activating group) is 1. The van der Waals surface area contributed by atoms with Gasteiger partial charge in [-0.2, -0.15) is 0 Å². The summed E-state index contributed by atoms with van der Waals surface area (Å²) in [6.45, 7) is 5.09. The van der Waals surface area contributed by atoms with Gasteiger partial charge in [-0.25, -0.2) is 0 Å². The predicted octanol–water partition coefficient (Wildman–Crippen LogP) is 2.97. The van der Waals surface area contributed by atoms with Crippen LogP contribution in [0.2, 0.25) is 0 Å². The van der Waals surface area contributed by atoms with Crippen LogP contribution in [0.1, 0.15) is 97.3 Å². The molecule has 7 nitrogen and oxygen atoms in total. The Kier molecular flexibility index (Phi) is 17.4. The van der Waals surface area contributed by atoms with E-state index in [1.54, 1.807) is 0 Å². The van der Waals surface area contributed by atoms with E-state index < -0.39 is 6.04 Å². The molecule has 0 bridgehead atoms. The Bertz CT molecular complexity index is 437. The number of hydrogen-bond donors (Lipinski definition) is 4. The fraction of sp³-hybridized carbons (Fsp3) is 0.857. The molecule has 0 heterocycles. The van der Waals surface area contributed by atoms with Gasteiger partial charge in [0.2, 0.25) is 11.8 Å². The molecule has 0 rings (SSSR count). The van der Waals surface area contributed by atoms with Crippen LogP contribution in [0, 0.1) is 0 Å². The highest BCUT2D eigenvalue weighted by Gasteiger charge is 2.19. The van der Waals surface area contributed by atoms with E-state index in [0.29, 0.717) is 32.4 Å². The number of unbranched alkanes of at least 4 members (excludes halogenated alkanes) is 9. The SMILES string of the molecule is CCCCCCCCCCCCC(=O)NC(CCCN=C(N)N)C(=O)NCC. The van der Waals surface area contributed by atoms with Crippen LogP contribution in [-0.2, 0) is 9.59 Å². The van der Waals surface area contributed by atoms with Crippen molar-refractivity contribution in [3.8, 4) is 0 Å². The number of rotatable bonds is 18. The molecule has 6 N–H and O–H groups in total. The summed E-state index contributed by atoms with van der Waals surface area (Å²) in [6, 6.07) is -0.523. The number of nitrogens with two attached hydrogens (primary N) is 2. The Labute approximate surface area is 171 Å². The van der Waals surface area contributed by atoms with Gasteiger partial charge in [-0.05, 0) is 26.2 Å². The van der Waals surface area contributed by atoms with Crippen molar-refractivity contribution >= 4 is 17.8 Å². The topological polar surface area (TPSA) is 123 Å². The normalized spacial score (nSPS) is 11.6. The average Bonchev–Trinajstić information content (AvgIpc) is 2.65. The van der Waals surface area contributed by atoms with Gasteiger partial charge in [-0.3, -0.25) is 14.6 Å². The van der Waals surface area contributed by atoms with Gasteiger partial charge in [-0.1, -0.05) is 64.7 Å². The van der Waals surface area contributed by atoms with Crippen molar-refractivity contribution in [2.75, 3.05) is 13.1 Å². The molecular weight excluding hydrogens is 354 g/mol. The molecule has 1 unspecified atom stereocenters. The van der Waals surface area contributed by atoms with Crippen molar-refractivity contribution in [1.82, 2.24) is 10.6 Å². The third-order valence-electron chi connectivity index (χ3n) is 4.71. The Balaban J connectivity index is 3.94. The number of amides is 2. The van der Waals surface area contributed by atoms with E-state index in [1.807, 2.05) is 6.92 Å². The molecule has 0 aliphatic heterocycles. The highest BCUT2D eigenvalue weighted by molar-refractivity contribution is 5.87. The van der Waals surface area contributed by atoms with Gasteiger partial charge in [0.05, 0.1) is 0 Å². The van der Waals surface area contributed by atoms with Gasteiger partial charge in [0, 0.05) is 19.5 Å². The third-order valence-corrected chi connectivity index (χ3v) is 4.71. The van der Waals surface area contributed by atoms with Crippen LogP contribution in [0.5, 0.6) is 0 Å². The second-order valence-electron chi connectivity index (χ2n) is 7.40. The third kappa shape index (κ3) is 16.4. The maximum atomic E-state index is 12.2. The number of aliphatic imine (C=N–C) groups is 1. The molecule has 0 spiro atoms. The number of nitrogens with zero attached hydrogens (tertiary/aromatic N) is 1. The van der Waals surface area contributed by atoms with Gasteiger partial charge >= 0.3 is 0 Å². The molecule has 7 heteroatoms. The first-order valence-electron chi connectivity index (χ1n) is 11.1. The summed E-state index contributed by atoms with van der Waals surface area (Å²) in [5.41, 5.74) is 10.6. The average molecular weight is 398 g/mol. The summed E-state index contributed by atoms with van der Waals surface area (Å²) >= 11 is 0. The monoisotopic (exact) mass is 397 g/mol. The van der Waals surface area contributed by atoms with Crippen molar-refractivity contribution in [2.45, 2.75) is 103 Å². The van der Waals surface area contributed by atoms with Gasteiger partial charge in [0.1, 0.15) is 6.04 Å². The zero-order valence-corrected chi connectivity index (χ0v) is 18.1. The van der Waals surface area contributed by atoms with Crippen LogP contribution in [0.15, 0.2) is 4.99 Å². The van der Waals surface area contributed by atoms with Gasteiger partial charge in [0.25, 0.3) is 0 Å².